The molecule has 1 amide bonds. The molecular weight excluding hydrogens is 271 g/mol. The number of nitrogens with one attached hydrogen (secondary N) is 1. The monoisotopic (exact) mass is 283 g/mol. The van der Waals surface area contributed by atoms with E-state index in [1.54, 1.807) is 12.2 Å². The zero-order valence-electron chi connectivity index (χ0n) is 10.6. The second-order valence-corrected chi connectivity index (χ2v) is 4.27. The first-order valence-corrected chi connectivity index (χ1v) is 5.83. The van der Waals surface area contributed by atoms with Crippen molar-refractivity contribution >= 4 is 11.7 Å². The molecule has 0 bridgehead atoms. The summed E-state index contributed by atoms with van der Waals surface area (Å²) in [5, 5.41) is 5.68. The Morgan fingerprint density at radius 2 is 1.95 bits per heavy atom. The number of rotatable bonds is 3. The van der Waals surface area contributed by atoms with Gasteiger partial charge in [-0.05, 0) is 12.5 Å². The Kier molecular flexibility index (Phi) is 3.78. The molecule has 0 spiro atoms. The van der Waals surface area contributed by atoms with E-state index in [9.17, 15) is 18.0 Å². The van der Waals surface area contributed by atoms with Gasteiger partial charge in [-0.15, -0.1) is 0 Å². The molecule has 7 heteroatoms. The van der Waals surface area contributed by atoms with Crippen LogP contribution in [0.4, 0.5) is 19.0 Å². The highest BCUT2D eigenvalue weighted by Gasteiger charge is 2.39. The molecular formula is C13H12F3N3O. The van der Waals surface area contributed by atoms with E-state index >= 15 is 0 Å². The highest BCUT2D eigenvalue weighted by molar-refractivity contribution is 5.94. The lowest BCUT2D eigenvalue weighted by Gasteiger charge is -2.05. The Labute approximate surface area is 113 Å². The van der Waals surface area contributed by atoms with Crippen molar-refractivity contribution in [3.8, 4) is 0 Å². The van der Waals surface area contributed by atoms with Crippen LogP contribution in [-0.2, 0) is 11.3 Å². The van der Waals surface area contributed by atoms with Crippen LogP contribution in [-0.4, -0.2) is 21.9 Å². The summed E-state index contributed by atoms with van der Waals surface area (Å²) < 4.78 is 38.0. The van der Waals surface area contributed by atoms with Gasteiger partial charge in [0.15, 0.2) is 5.82 Å². The molecule has 2 rings (SSSR count). The van der Waals surface area contributed by atoms with Gasteiger partial charge in [-0.25, -0.2) is 0 Å². The van der Waals surface area contributed by atoms with Crippen LogP contribution < -0.4 is 5.32 Å². The number of hydrogen-bond acceptors (Lipinski definition) is 2. The third-order valence-corrected chi connectivity index (χ3v) is 2.66. The number of hydrogen-bond donors (Lipinski definition) is 1. The molecule has 2 aromatic rings. The molecule has 0 aliphatic rings. The molecule has 0 aliphatic carbocycles. The van der Waals surface area contributed by atoms with Crippen LogP contribution in [0.5, 0.6) is 0 Å². The van der Waals surface area contributed by atoms with Crippen LogP contribution in [0, 0.1) is 6.92 Å². The SMILES string of the molecule is Cc1cc(NC(=O)C(F)(F)F)nn1Cc1ccccc1. The van der Waals surface area contributed by atoms with E-state index in [1.165, 1.54) is 10.7 Å². The van der Waals surface area contributed by atoms with Crippen LogP contribution in [0.15, 0.2) is 36.4 Å². The van der Waals surface area contributed by atoms with Crippen molar-refractivity contribution in [1.29, 1.82) is 0 Å². The number of alkyl halides is 3. The number of amides is 1. The Bertz CT molecular complexity index is 605. The van der Waals surface area contributed by atoms with Gasteiger partial charge in [0.05, 0.1) is 6.54 Å². The minimum atomic E-state index is -4.92. The number of carbonyl (C=O) groups is 1. The topological polar surface area (TPSA) is 46.9 Å². The zero-order chi connectivity index (χ0) is 14.8. The third kappa shape index (κ3) is 3.37. The summed E-state index contributed by atoms with van der Waals surface area (Å²) in [5.41, 5.74) is 1.62. The van der Waals surface area contributed by atoms with Gasteiger partial charge in [0.1, 0.15) is 0 Å². The number of benzene rings is 1. The molecule has 0 saturated carbocycles. The van der Waals surface area contributed by atoms with Gasteiger partial charge in [-0.1, -0.05) is 30.3 Å². The maximum absolute atomic E-state index is 12.1. The van der Waals surface area contributed by atoms with E-state index in [1.807, 2.05) is 30.3 Å². The predicted octanol–water partition coefficient (Wildman–Crippen LogP) is 2.74. The third-order valence-electron chi connectivity index (χ3n) is 2.66. The number of halogens is 3. The molecule has 1 heterocycles. The van der Waals surface area contributed by atoms with Gasteiger partial charge < -0.3 is 5.32 Å². The fraction of sp³-hybridized carbons (Fsp3) is 0.231. The van der Waals surface area contributed by atoms with E-state index in [0.29, 0.717) is 12.2 Å². The van der Waals surface area contributed by atoms with E-state index in [0.717, 1.165) is 5.56 Å². The lowest BCUT2D eigenvalue weighted by molar-refractivity contribution is -0.167. The fourth-order valence-electron chi connectivity index (χ4n) is 1.67. The Balaban J connectivity index is 2.12. The largest absolute Gasteiger partial charge is 0.471 e. The minimum Gasteiger partial charge on any atom is -0.301 e. The molecule has 1 aromatic carbocycles. The van der Waals surface area contributed by atoms with Crippen molar-refractivity contribution in [3.05, 3.63) is 47.7 Å². The first-order valence-electron chi connectivity index (χ1n) is 5.83. The second kappa shape index (κ2) is 5.36. The summed E-state index contributed by atoms with van der Waals surface area (Å²) in [5.74, 6) is -2.14. The van der Waals surface area contributed by atoms with Crippen molar-refractivity contribution in [2.75, 3.05) is 5.32 Å². The molecule has 0 saturated heterocycles. The average Bonchev–Trinajstić information content (AvgIpc) is 2.70. The quantitative estimate of drug-likeness (QED) is 0.941. The number of aryl methyl sites for hydroxylation is 1. The molecule has 106 valence electrons. The van der Waals surface area contributed by atoms with Gasteiger partial charge in [0.2, 0.25) is 0 Å². The van der Waals surface area contributed by atoms with Crippen LogP contribution in [0.1, 0.15) is 11.3 Å². The number of aromatic nitrogens is 2. The maximum atomic E-state index is 12.1. The molecule has 0 unspecified atom stereocenters. The smallest absolute Gasteiger partial charge is 0.301 e. The predicted molar refractivity (Wildman–Crippen MR) is 67.2 cm³/mol. The van der Waals surface area contributed by atoms with Gasteiger partial charge >= 0.3 is 12.1 Å². The van der Waals surface area contributed by atoms with Gasteiger partial charge in [0, 0.05) is 11.8 Å². The van der Waals surface area contributed by atoms with E-state index in [2.05, 4.69) is 5.10 Å². The summed E-state index contributed by atoms with van der Waals surface area (Å²) in [4.78, 5) is 10.8. The standard InChI is InChI=1S/C13H12F3N3O/c1-9-7-11(17-12(20)13(14,15)16)18-19(9)8-10-5-3-2-4-6-10/h2-7H,8H2,1H3,(H,17,18,20). The van der Waals surface area contributed by atoms with Gasteiger partial charge in [-0.2, -0.15) is 18.3 Å². The highest BCUT2D eigenvalue weighted by atomic mass is 19.4. The first kappa shape index (κ1) is 14.1. The summed E-state index contributed by atoms with van der Waals surface area (Å²) in [6, 6.07) is 10.8. The van der Waals surface area contributed by atoms with E-state index in [4.69, 9.17) is 0 Å². The lowest BCUT2D eigenvalue weighted by Crippen LogP contribution is -2.30. The zero-order valence-corrected chi connectivity index (χ0v) is 10.6. The van der Waals surface area contributed by atoms with Crippen LogP contribution in [0.3, 0.4) is 0 Å². The van der Waals surface area contributed by atoms with Crippen molar-refractivity contribution in [1.82, 2.24) is 9.78 Å². The van der Waals surface area contributed by atoms with Crippen molar-refractivity contribution in [2.45, 2.75) is 19.6 Å². The Morgan fingerprint density at radius 3 is 2.55 bits per heavy atom. The van der Waals surface area contributed by atoms with Crippen LogP contribution in [0.2, 0.25) is 0 Å². The molecule has 0 fully saturated rings. The first-order chi connectivity index (χ1) is 9.36. The van der Waals surface area contributed by atoms with E-state index < -0.39 is 12.1 Å². The van der Waals surface area contributed by atoms with E-state index in [-0.39, 0.29) is 5.82 Å². The summed E-state index contributed by atoms with van der Waals surface area (Å²) >= 11 is 0. The van der Waals surface area contributed by atoms with Crippen molar-refractivity contribution < 1.29 is 18.0 Å². The van der Waals surface area contributed by atoms with Gasteiger partial charge in [0.25, 0.3) is 0 Å². The molecule has 0 aliphatic heterocycles. The fourth-order valence-corrected chi connectivity index (χ4v) is 1.67. The summed E-state index contributed by atoms with van der Waals surface area (Å²) in [7, 11) is 0. The van der Waals surface area contributed by atoms with Gasteiger partial charge in [-0.3, -0.25) is 9.48 Å². The highest BCUT2D eigenvalue weighted by Crippen LogP contribution is 2.18. The van der Waals surface area contributed by atoms with Crippen LogP contribution >= 0.6 is 0 Å². The summed E-state index contributed by atoms with van der Waals surface area (Å²) in [6.45, 7) is 2.13. The molecule has 4 nitrogen and oxygen atoms in total. The molecule has 1 aromatic heterocycles. The second-order valence-electron chi connectivity index (χ2n) is 4.27. The number of anilines is 1. The Hall–Kier alpha value is -2.31. The lowest BCUT2D eigenvalue weighted by atomic mass is 10.2. The van der Waals surface area contributed by atoms with Crippen molar-refractivity contribution in [3.63, 3.8) is 0 Å². The molecule has 0 atom stereocenters. The number of carbonyl (C=O) groups excluding carboxylic acids is 1. The van der Waals surface area contributed by atoms with Crippen molar-refractivity contribution in [2.24, 2.45) is 0 Å². The normalized spacial score (nSPS) is 11.4. The van der Waals surface area contributed by atoms with Crippen LogP contribution in [0.25, 0.3) is 0 Å². The molecule has 1 N–H and O–H groups in total. The summed E-state index contributed by atoms with van der Waals surface area (Å²) in [6.07, 6.45) is -4.92. The minimum absolute atomic E-state index is 0.110. The number of nitrogens with zero attached hydrogens (tertiary/aromatic N) is 2. The average molecular weight is 283 g/mol. The Morgan fingerprint density at radius 1 is 1.30 bits per heavy atom. The molecule has 0 radical (unpaired) electrons. The molecule has 20 heavy (non-hydrogen) atoms. The maximum Gasteiger partial charge on any atom is 0.471 e.